The van der Waals surface area contributed by atoms with Gasteiger partial charge in [0.15, 0.2) is 0 Å². The van der Waals surface area contributed by atoms with Crippen LogP contribution >= 0.6 is 0 Å². The molecule has 2 rings (SSSR count). The Hall–Kier alpha value is -1.36. The number of aryl methyl sites for hydroxylation is 1. The lowest BCUT2D eigenvalue weighted by molar-refractivity contribution is 0.206. The van der Waals surface area contributed by atoms with Crippen molar-refractivity contribution < 1.29 is 0 Å². The normalized spacial score (nSPS) is 24.2. The van der Waals surface area contributed by atoms with Crippen LogP contribution in [-0.2, 0) is 0 Å². The van der Waals surface area contributed by atoms with E-state index in [-0.39, 0.29) is 0 Å². The second kappa shape index (κ2) is 6.19. The van der Waals surface area contributed by atoms with Gasteiger partial charge in [0.05, 0.1) is 0 Å². The highest BCUT2D eigenvalue weighted by atomic mass is 15.1. The zero-order chi connectivity index (χ0) is 13.8. The lowest BCUT2D eigenvalue weighted by Crippen LogP contribution is -2.43. The number of nitrogens with zero attached hydrogens (tertiary/aromatic N) is 3. The van der Waals surface area contributed by atoms with Crippen molar-refractivity contribution in [3.8, 4) is 0 Å². The van der Waals surface area contributed by atoms with Gasteiger partial charge in [0.1, 0.15) is 17.5 Å². The van der Waals surface area contributed by atoms with Gasteiger partial charge >= 0.3 is 0 Å². The molecule has 5 heteroatoms. The van der Waals surface area contributed by atoms with Crippen LogP contribution in [0.25, 0.3) is 0 Å². The number of piperidine rings is 1. The molecule has 1 fully saturated rings. The Kier molecular flexibility index (Phi) is 4.58. The molecule has 0 radical (unpaired) electrons. The zero-order valence-corrected chi connectivity index (χ0v) is 12.4. The standard InChI is InChI=1S/C14H25N5/c1-5-15-13-8-14(17-11(3)16-13)18-12-6-7-19(4)9-10(12)2/h8,10,12H,5-7,9H2,1-4H3,(H2,15,16,17,18). The summed E-state index contributed by atoms with van der Waals surface area (Å²) in [5.41, 5.74) is 0. The molecule has 0 saturated carbocycles. The van der Waals surface area contributed by atoms with Gasteiger partial charge in [-0.25, -0.2) is 9.97 Å². The van der Waals surface area contributed by atoms with Crippen LogP contribution < -0.4 is 10.6 Å². The molecule has 0 amide bonds. The second-order valence-corrected chi connectivity index (χ2v) is 5.50. The van der Waals surface area contributed by atoms with E-state index in [4.69, 9.17) is 0 Å². The van der Waals surface area contributed by atoms with Crippen molar-refractivity contribution in [2.45, 2.75) is 33.2 Å². The molecule has 2 atom stereocenters. The molecule has 1 aromatic rings. The molecule has 1 aliphatic rings. The van der Waals surface area contributed by atoms with Crippen LogP contribution in [0.1, 0.15) is 26.1 Å². The Morgan fingerprint density at radius 2 is 2.11 bits per heavy atom. The summed E-state index contributed by atoms with van der Waals surface area (Å²) < 4.78 is 0. The van der Waals surface area contributed by atoms with E-state index in [2.05, 4.69) is 46.4 Å². The van der Waals surface area contributed by atoms with Crippen molar-refractivity contribution >= 4 is 11.6 Å². The topological polar surface area (TPSA) is 53.1 Å². The molecule has 0 aromatic carbocycles. The molecule has 0 spiro atoms. The molecule has 1 aliphatic heterocycles. The van der Waals surface area contributed by atoms with Gasteiger partial charge in [-0.1, -0.05) is 6.92 Å². The molecule has 2 unspecified atom stereocenters. The third kappa shape index (κ3) is 3.80. The van der Waals surface area contributed by atoms with Gasteiger partial charge in [0.2, 0.25) is 0 Å². The van der Waals surface area contributed by atoms with Crippen molar-refractivity contribution in [2.24, 2.45) is 5.92 Å². The average molecular weight is 263 g/mol. The second-order valence-electron chi connectivity index (χ2n) is 5.50. The quantitative estimate of drug-likeness (QED) is 0.870. The van der Waals surface area contributed by atoms with Gasteiger partial charge in [-0.3, -0.25) is 0 Å². The maximum absolute atomic E-state index is 4.49. The van der Waals surface area contributed by atoms with E-state index in [0.29, 0.717) is 12.0 Å². The lowest BCUT2D eigenvalue weighted by atomic mass is 9.94. The van der Waals surface area contributed by atoms with Crippen molar-refractivity contribution in [1.82, 2.24) is 14.9 Å². The monoisotopic (exact) mass is 263 g/mol. The van der Waals surface area contributed by atoms with E-state index in [1.807, 2.05) is 13.0 Å². The number of hydrogen-bond acceptors (Lipinski definition) is 5. The number of nitrogens with one attached hydrogen (secondary N) is 2. The molecular formula is C14H25N5. The number of hydrogen-bond donors (Lipinski definition) is 2. The summed E-state index contributed by atoms with van der Waals surface area (Å²) in [6, 6.07) is 2.50. The van der Waals surface area contributed by atoms with Gasteiger partial charge < -0.3 is 15.5 Å². The summed E-state index contributed by atoms with van der Waals surface area (Å²) >= 11 is 0. The molecule has 1 aromatic heterocycles. The largest absolute Gasteiger partial charge is 0.370 e. The molecule has 19 heavy (non-hydrogen) atoms. The first-order valence-electron chi connectivity index (χ1n) is 7.13. The Labute approximate surface area is 115 Å². The first-order chi connectivity index (χ1) is 9.08. The van der Waals surface area contributed by atoms with Crippen LogP contribution in [0, 0.1) is 12.8 Å². The SMILES string of the molecule is CCNc1cc(NC2CCN(C)CC2C)nc(C)n1. The van der Waals surface area contributed by atoms with Gasteiger partial charge in [-0.15, -0.1) is 0 Å². The molecule has 2 heterocycles. The molecule has 2 N–H and O–H groups in total. The predicted molar refractivity (Wildman–Crippen MR) is 79.6 cm³/mol. The highest BCUT2D eigenvalue weighted by Crippen LogP contribution is 2.20. The fraction of sp³-hybridized carbons (Fsp3) is 0.714. The van der Waals surface area contributed by atoms with Gasteiger partial charge in [0, 0.05) is 25.2 Å². The summed E-state index contributed by atoms with van der Waals surface area (Å²) in [5.74, 6) is 3.28. The van der Waals surface area contributed by atoms with E-state index < -0.39 is 0 Å². The van der Waals surface area contributed by atoms with E-state index in [9.17, 15) is 0 Å². The Balaban J connectivity index is 2.05. The van der Waals surface area contributed by atoms with Crippen molar-refractivity contribution in [3.63, 3.8) is 0 Å². The van der Waals surface area contributed by atoms with Crippen LogP contribution in [-0.4, -0.2) is 47.6 Å². The fourth-order valence-corrected chi connectivity index (χ4v) is 2.67. The summed E-state index contributed by atoms with van der Waals surface area (Å²) in [5, 5.41) is 6.82. The summed E-state index contributed by atoms with van der Waals surface area (Å²) in [6.45, 7) is 9.47. The molecule has 1 saturated heterocycles. The number of likely N-dealkylation sites (tertiary alicyclic amines) is 1. The molecule has 5 nitrogen and oxygen atoms in total. The minimum Gasteiger partial charge on any atom is -0.370 e. The smallest absolute Gasteiger partial charge is 0.132 e. The third-order valence-electron chi connectivity index (χ3n) is 3.64. The molecule has 106 valence electrons. The number of rotatable bonds is 4. The van der Waals surface area contributed by atoms with E-state index >= 15 is 0 Å². The minimum atomic E-state index is 0.500. The van der Waals surface area contributed by atoms with Crippen molar-refractivity contribution in [3.05, 3.63) is 11.9 Å². The van der Waals surface area contributed by atoms with Crippen LogP contribution in [0.4, 0.5) is 11.6 Å². The third-order valence-corrected chi connectivity index (χ3v) is 3.64. The summed E-state index contributed by atoms with van der Waals surface area (Å²) in [7, 11) is 2.19. The van der Waals surface area contributed by atoms with Crippen molar-refractivity contribution in [2.75, 3.05) is 37.3 Å². The highest BCUT2D eigenvalue weighted by Gasteiger charge is 2.24. The summed E-state index contributed by atoms with van der Waals surface area (Å²) in [4.78, 5) is 11.3. The highest BCUT2D eigenvalue weighted by molar-refractivity contribution is 5.48. The average Bonchev–Trinajstić information content (AvgIpc) is 2.32. The van der Waals surface area contributed by atoms with E-state index in [1.54, 1.807) is 0 Å². The van der Waals surface area contributed by atoms with Gasteiger partial charge in [-0.05, 0) is 39.8 Å². The lowest BCUT2D eigenvalue weighted by Gasteiger charge is -2.35. The van der Waals surface area contributed by atoms with Crippen LogP contribution in [0.15, 0.2) is 6.07 Å². The molecule has 0 aliphatic carbocycles. The predicted octanol–water partition coefficient (Wildman–Crippen LogP) is 1.97. The first-order valence-corrected chi connectivity index (χ1v) is 7.13. The zero-order valence-electron chi connectivity index (χ0n) is 12.4. The van der Waals surface area contributed by atoms with Crippen LogP contribution in [0.5, 0.6) is 0 Å². The first kappa shape index (κ1) is 14.1. The molecule has 0 bridgehead atoms. The minimum absolute atomic E-state index is 0.500. The van der Waals surface area contributed by atoms with E-state index in [0.717, 1.165) is 43.5 Å². The maximum atomic E-state index is 4.49. The fourth-order valence-electron chi connectivity index (χ4n) is 2.67. The van der Waals surface area contributed by atoms with Crippen molar-refractivity contribution in [1.29, 1.82) is 0 Å². The van der Waals surface area contributed by atoms with Crippen LogP contribution in [0.2, 0.25) is 0 Å². The Bertz CT molecular complexity index is 420. The van der Waals surface area contributed by atoms with Gasteiger partial charge in [0.25, 0.3) is 0 Å². The van der Waals surface area contributed by atoms with Gasteiger partial charge in [-0.2, -0.15) is 0 Å². The number of aromatic nitrogens is 2. The maximum Gasteiger partial charge on any atom is 0.132 e. The summed E-state index contributed by atoms with van der Waals surface area (Å²) in [6.07, 6.45) is 1.16. The Morgan fingerprint density at radius 1 is 1.37 bits per heavy atom. The molecular weight excluding hydrogens is 238 g/mol. The van der Waals surface area contributed by atoms with E-state index in [1.165, 1.54) is 0 Å². The van der Waals surface area contributed by atoms with Crippen LogP contribution in [0.3, 0.4) is 0 Å². The number of anilines is 2. The Morgan fingerprint density at radius 3 is 2.79 bits per heavy atom.